The normalized spacial score (nSPS) is 17.0. The van der Waals surface area contributed by atoms with Crippen LogP contribution in [0.4, 0.5) is 0 Å². The fourth-order valence-electron chi connectivity index (χ4n) is 3.15. The van der Waals surface area contributed by atoms with E-state index in [1.54, 1.807) is 0 Å². The number of cyclic esters (lactones) is 2. The van der Waals surface area contributed by atoms with Gasteiger partial charge in [-0.1, -0.05) is 84.0 Å². The second kappa shape index (κ2) is 13.2. The fourth-order valence-corrected chi connectivity index (χ4v) is 3.15. The fraction of sp³-hybridized carbons (Fsp3) is 0.900. The zero-order chi connectivity index (χ0) is 18.4. The maximum atomic E-state index is 11.4. The van der Waals surface area contributed by atoms with Crippen molar-refractivity contribution in [2.24, 2.45) is 0 Å². The van der Waals surface area contributed by atoms with Gasteiger partial charge in [0.05, 0.1) is 19.3 Å². The average molecular weight is 357 g/mol. The first-order valence-electron chi connectivity index (χ1n) is 10.2. The van der Waals surface area contributed by atoms with Crippen LogP contribution in [0.25, 0.3) is 0 Å². The van der Waals surface area contributed by atoms with Gasteiger partial charge >= 0.3 is 17.9 Å². The highest BCUT2D eigenvalue weighted by atomic mass is 16.8. The maximum absolute atomic E-state index is 11.4. The zero-order valence-electron chi connectivity index (χ0n) is 15.9. The van der Waals surface area contributed by atoms with Crippen molar-refractivity contribution >= 4 is 11.9 Å². The van der Waals surface area contributed by atoms with E-state index in [0.717, 1.165) is 12.8 Å². The lowest BCUT2D eigenvalue weighted by molar-refractivity contribution is -0.323. The molecule has 0 bridgehead atoms. The average Bonchev–Trinajstić information content (AvgIpc) is 2.69. The molecular formula is C20H36O5. The molecule has 1 aliphatic heterocycles. The van der Waals surface area contributed by atoms with Gasteiger partial charge in [0.15, 0.2) is 0 Å². The van der Waals surface area contributed by atoms with Gasteiger partial charge < -0.3 is 14.6 Å². The van der Waals surface area contributed by atoms with Crippen LogP contribution in [0, 0.1) is 0 Å². The van der Waals surface area contributed by atoms with Gasteiger partial charge in [-0.3, -0.25) is 9.59 Å². The summed E-state index contributed by atoms with van der Waals surface area (Å²) in [6.45, 7) is 2.25. The molecular weight excluding hydrogens is 320 g/mol. The van der Waals surface area contributed by atoms with E-state index in [1.165, 1.54) is 64.2 Å². The molecule has 146 valence electrons. The van der Waals surface area contributed by atoms with Crippen LogP contribution in [0.5, 0.6) is 0 Å². The number of hydrogen-bond acceptors (Lipinski definition) is 5. The van der Waals surface area contributed by atoms with Crippen LogP contribution < -0.4 is 0 Å². The Kier molecular flexibility index (Phi) is 11.5. The van der Waals surface area contributed by atoms with Crippen molar-refractivity contribution in [1.82, 2.24) is 0 Å². The summed E-state index contributed by atoms with van der Waals surface area (Å²) >= 11 is 0. The molecule has 1 fully saturated rings. The van der Waals surface area contributed by atoms with Gasteiger partial charge in [-0.25, -0.2) is 0 Å². The number of hydrogen-bond donors (Lipinski definition) is 1. The Hall–Kier alpha value is -1.10. The molecule has 0 amide bonds. The minimum Gasteiger partial charge on any atom is -0.398 e. The summed E-state index contributed by atoms with van der Waals surface area (Å²) in [5.74, 6) is -3.21. The van der Waals surface area contributed by atoms with Crippen LogP contribution in [-0.4, -0.2) is 23.0 Å². The molecule has 1 heterocycles. The van der Waals surface area contributed by atoms with Crippen molar-refractivity contribution in [3.8, 4) is 0 Å². The summed E-state index contributed by atoms with van der Waals surface area (Å²) in [6, 6.07) is 0. The van der Waals surface area contributed by atoms with Crippen LogP contribution >= 0.6 is 0 Å². The van der Waals surface area contributed by atoms with E-state index < -0.39 is 17.9 Å². The number of unbranched alkanes of at least 4 members (excludes halogenated alkanes) is 12. The minimum absolute atomic E-state index is 0.0280. The van der Waals surface area contributed by atoms with E-state index in [-0.39, 0.29) is 19.3 Å². The molecule has 0 unspecified atom stereocenters. The summed E-state index contributed by atoms with van der Waals surface area (Å²) in [5, 5.41) is 10.1. The summed E-state index contributed by atoms with van der Waals surface area (Å²) in [6.07, 6.45) is 16.0. The Labute approximate surface area is 152 Å². The lowest BCUT2D eigenvalue weighted by Gasteiger charge is -2.24. The molecule has 0 radical (unpaired) electrons. The predicted octanol–water partition coefficient (Wildman–Crippen LogP) is 4.99. The largest absolute Gasteiger partial charge is 0.398 e. The minimum atomic E-state index is -2.05. The number of carbonyl (C=O) groups is 2. The van der Waals surface area contributed by atoms with Gasteiger partial charge in [-0.15, -0.1) is 0 Å². The number of carbonyl (C=O) groups excluding carboxylic acids is 2. The van der Waals surface area contributed by atoms with E-state index >= 15 is 0 Å². The van der Waals surface area contributed by atoms with Gasteiger partial charge in [0.2, 0.25) is 0 Å². The quantitative estimate of drug-likeness (QED) is 0.350. The van der Waals surface area contributed by atoms with Gasteiger partial charge in [-0.05, 0) is 6.42 Å². The zero-order valence-corrected chi connectivity index (χ0v) is 15.9. The number of ether oxygens (including phenoxy) is 2. The number of rotatable bonds is 14. The monoisotopic (exact) mass is 356 g/mol. The summed E-state index contributed by atoms with van der Waals surface area (Å²) in [7, 11) is 0. The Morgan fingerprint density at radius 1 is 0.720 bits per heavy atom. The van der Waals surface area contributed by atoms with Gasteiger partial charge in [0.25, 0.3) is 0 Å². The lowest BCUT2D eigenvalue weighted by atomic mass is 10.0. The smallest absolute Gasteiger partial charge is 0.373 e. The van der Waals surface area contributed by atoms with Crippen LogP contribution in [0.3, 0.4) is 0 Å². The second-order valence-electron chi connectivity index (χ2n) is 7.15. The molecule has 5 heteroatoms. The summed E-state index contributed by atoms with van der Waals surface area (Å²) in [5.41, 5.74) is 0. The molecule has 1 N–H and O–H groups in total. The Morgan fingerprint density at radius 3 is 1.48 bits per heavy atom. The SMILES string of the molecule is CCCCCCCCCCCCCCCC1(O)OC(=O)CCC(=O)O1. The third-order valence-electron chi connectivity index (χ3n) is 4.68. The Morgan fingerprint density at radius 2 is 1.08 bits per heavy atom. The Balaban J connectivity index is 1.94. The molecule has 25 heavy (non-hydrogen) atoms. The molecule has 1 aliphatic rings. The van der Waals surface area contributed by atoms with Crippen molar-refractivity contribution in [2.75, 3.05) is 0 Å². The standard InChI is InChI=1S/C20H36O5/c1-2-3-4-5-6-7-8-9-10-11-12-13-14-17-20(23)24-18(21)15-16-19(22)25-20/h23H,2-17H2,1H3. The molecule has 5 nitrogen and oxygen atoms in total. The molecule has 0 saturated carbocycles. The molecule has 0 aromatic rings. The van der Waals surface area contributed by atoms with Gasteiger partial charge in [0.1, 0.15) is 0 Å². The van der Waals surface area contributed by atoms with Crippen LogP contribution in [0.2, 0.25) is 0 Å². The van der Waals surface area contributed by atoms with E-state index in [1.807, 2.05) is 0 Å². The predicted molar refractivity (Wildman–Crippen MR) is 96.7 cm³/mol. The molecule has 0 spiro atoms. The summed E-state index contributed by atoms with van der Waals surface area (Å²) < 4.78 is 9.70. The first-order chi connectivity index (χ1) is 12.1. The molecule has 0 aromatic heterocycles. The second-order valence-corrected chi connectivity index (χ2v) is 7.15. The first-order valence-corrected chi connectivity index (χ1v) is 10.2. The van der Waals surface area contributed by atoms with Crippen molar-refractivity contribution in [2.45, 2.75) is 116 Å². The molecule has 1 rings (SSSR count). The number of esters is 2. The molecule has 0 aromatic carbocycles. The first kappa shape index (κ1) is 21.9. The highest BCUT2D eigenvalue weighted by molar-refractivity contribution is 5.79. The van der Waals surface area contributed by atoms with Crippen LogP contribution in [0.1, 0.15) is 110 Å². The van der Waals surface area contributed by atoms with Crippen molar-refractivity contribution in [3.05, 3.63) is 0 Å². The molecule has 0 atom stereocenters. The van der Waals surface area contributed by atoms with E-state index in [9.17, 15) is 14.7 Å². The third kappa shape index (κ3) is 11.2. The Bertz CT molecular complexity index is 362. The van der Waals surface area contributed by atoms with E-state index in [0.29, 0.717) is 6.42 Å². The van der Waals surface area contributed by atoms with Crippen molar-refractivity contribution < 1.29 is 24.2 Å². The van der Waals surface area contributed by atoms with Gasteiger partial charge in [0, 0.05) is 0 Å². The summed E-state index contributed by atoms with van der Waals surface area (Å²) in [4.78, 5) is 22.7. The van der Waals surface area contributed by atoms with E-state index in [4.69, 9.17) is 9.47 Å². The molecule has 1 saturated heterocycles. The van der Waals surface area contributed by atoms with E-state index in [2.05, 4.69) is 6.92 Å². The maximum Gasteiger partial charge on any atom is 0.373 e. The lowest BCUT2D eigenvalue weighted by Crippen LogP contribution is -2.37. The van der Waals surface area contributed by atoms with Crippen LogP contribution in [-0.2, 0) is 19.1 Å². The van der Waals surface area contributed by atoms with Crippen molar-refractivity contribution in [3.63, 3.8) is 0 Å². The van der Waals surface area contributed by atoms with Crippen molar-refractivity contribution in [1.29, 1.82) is 0 Å². The highest BCUT2D eigenvalue weighted by Crippen LogP contribution is 2.24. The number of aliphatic hydroxyl groups is 1. The van der Waals surface area contributed by atoms with Gasteiger partial charge in [-0.2, -0.15) is 0 Å². The highest BCUT2D eigenvalue weighted by Gasteiger charge is 2.38. The third-order valence-corrected chi connectivity index (χ3v) is 4.68. The topological polar surface area (TPSA) is 72.8 Å². The molecule has 0 aliphatic carbocycles. The van der Waals surface area contributed by atoms with Crippen LogP contribution in [0.15, 0.2) is 0 Å².